The van der Waals surface area contributed by atoms with Gasteiger partial charge in [-0.15, -0.1) is 0 Å². The molecule has 19 heteroatoms. The average Bonchev–Trinajstić information content (AvgIpc) is 1.12. The molecule has 0 aliphatic carbocycles. The summed E-state index contributed by atoms with van der Waals surface area (Å²) in [6, 6.07) is 0. The Labute approximate surface area is 588 Å². The molecule has 0 rings (SSSR count). The largest absolute Gasteiger partial charge is 0.472 e. The summed E-state index contributed by atoms with van der Waals surface area (Å²) in [6.45, 7) is 11.9. The van der Waals surface area contributed by atoms with Crippen molar-refractivity contribution in [2.24, 2.45) is 17.8 Å². The van der Waals surface area contributed by atoms with E-state index >= 15 is 0 Å². The van der Waals surface area contributed by atoms with Crippen LogP contribution in [0.2, 0.25) is 0 Å². The van der Waals surface area contributed by atoms with Crippen LogP contribution in [0.3, 0.4) is 0 Å². The zero-order valence-corrected chi connectivity index (χ0v) is 64.6. The lowest BCUT2D eigenvalue weighted by Crippen LogP contribution is -2.30. The Balaban J connectivity index is 5.26. The molecular formula is C77H150O17P2. The molecule has 0 fully saturated rings. The molecule has 0 aliphatic rings. The van der Waals surface area contributed by atoms with E-state index in [-0.39, 0.29) is 25.7 Å². The minimum atomic E-state index is -4.96. The number of hydrogen-bond acceptors (Lipinski definition) is 15. The predicted molar refractivity (Wildman–Crippen MR) is 391 cm³/mol. The van der Waals surface area contributed by atoms with E-state index in [1.54, 1.807) is 0 Å². The minimum Gasteiger partial charge on any atom is -0.462 e. The van der Waals surface area contributed by atoms with Gasteiger partial charge < -0.3 is 33.8 Å². The maximum absolute atomic E-state index is 13.1. The van der Waals surface area contributed by atoms with Gasteiger partial charge in [0.05, 0.1) is 26.4 Å². The van der Waals surface area contributed by atoms with Gasteiger partial charge in [0.15, 0.2) is 12.2 Å². The van der Waals surface area contributed by atoms with Crippen molar-refractivity contribution in [1.29, 1.82) is 0 Å². The molecule has 0 aromatic carbocycles. The fourth-order valence-corrected chi connectivity index (χ4v) is 13.3. The first-order valence-electron chi connectivity index (χ1n) is 39.9. The molecule has 96 heavy (non-hydrogen) atoms. The van der Waals surface area contributed by atoms with Crippen LogP contribution in [0.15, 0.2) is 0 Å². The highest BCUT2D eigenvalue weighted by Gasteiger charge is 2.30. The summed E-state index contributed by atoms with van der Waals surface area (Å²) in [4.78, 5) is 72.9. The Hall–Kier alpha value is -1.94. The molecule has 17 nitrogen and oxygen atoms in total. The van der Waals surface area contributed by atoms with Crippen molar-refractivity contribution in [2.75, 3.05) is 39.6 Å². The second-order valence-electron chi connectivity index (χ2n) is 28.9. The lowest BCUT2D eigenvalue weighted by atomic mass is 9.99. The number of phosphoric ester groups is 2. The van der Waals surface area contributed by atoms with Crippen LogP contribution in [0.1, 0.15) is 395 Å². The van der Waals surface area contributed by atoms with Gasteiger partial charge in [-0.25, -0.2) is 9.13 Å². The number of carbonyl (C=O) groups is 4. The lowest BCUT2D eigenvalue weighted by Gasteiger charge is -2.21. The molecule has 0 bridgehead atoms. The third-order valence-electron chi connectivity index (χ3n) is 18.2. The fraction of sp³-hybridized carbons (Fsp3) is 0.948. The highest BCUT2D eigenvalue weighted by Crippen LogP contribution is 2.45. The highest BCUT2D eigenvalue weighted by atomic mass is 31.2. The zero-order chi connectivity index (χ0) is 70.9. The minimum absolute atomic E-state index is 0.105. The molecule has 0 saturated heterocycles. The third kappa shape index (κ3) is 69.2. The van der Waals surface area contributed by atoms with Gasteiger partial charge in [0.1, 0.15) is 19.3 Å². The summed E-state index contributed by atoms with van der Waals surface area (Å²) in [5, 5.41) is 10.6. The number of ether oxygens (including phenoxy) is 4. The van der Waals surface area contributed by atoms with Gasteiger partial charge in [-0.1, -0.05) is 344 Å². The molecule has 3 N–H and O–H groups in total. The summed E-state index contributed by atoms with van der Waals surface area (Å²) in [5.74, 6) is 0.240. The molecule has 0 aromatic rings. The van der Waals surface area contributed by atoms with Crippen molar-refractivity contribution < 1.29 is 80.2 Å². The molecule has 570 valence electrons. The SMILES string of the molecule is CCCCCCCCCCCCCC(=O)OC[C@H](COP(=O)(O)OC[C@H](O)COP(=O)(O)OC[C@@H](COC(=O)CCCCCCCCCCCCCCCC(C)C)OC(=O)CCCCCCCCCCCCCCCCC(C)C)OC(=O)CCCCCCCCCCC(C)CC. The van der Waals surface area contributed by atoms with Gasteiger partial charge >= 0.3 is 39.5 Å². The van der Waals surface area contributed by atoms with Gasteiger partial charge in [0, 0.05) is 25.7 Å². The van der Waals surface area contributed by atoms with Crippen molar-refractivity contribution >= 4 is 39.5 Å². The second-order valence-corrected chi connectivity index (χ2v) is 31.8. The number of aliphatic hydroxyl groups excluding tert-OH is 1. The maximum Gasteiger partial charge on any atom is 0.472 e. The third-order valence-corrected chi connectivity index (χ3v) is 20.1. The Bertz CT molecular complexity index is 1870. The molecule has 0 saturated carbocycles. The van der Waals surface area contributed by atoms with Crippen LogP contribution in [0.4, 0.5) is 0 Å². The Morgan fingerprint density at radius 1 is 0.302 bits per heavy atom. The van der Waals surface area contributed by atoms with Crippen molar-refractivity contribution in [3.05, 3.63) is 0 Å². The van der Waals surface area contributed by atoms with Crippen LogP contribution < -0.4 is 0 Å². The molecule has 0 spiro atoms. The van der Waals surface area contributed by atoms with Crippen LogP contribution >= 0.6 is 15.6 Å². The summed E-state index contributed by atoms with van der Waals surface area (Å²) in [5.41, 5.74) is 0. The van der Waals surface area contributed by atoms with E-state index in [9.17, 15) is 43.2 Å². The lowest BCUT2D eigenvalue weighted by molar-refractivity contribution is -0.161. The monoisotopic (exact) mass is 1410 g/mol. The molecule has 0 aliphatic heterocycles. The topological polar surface area (TPSA) is 237 Å². The molecular weight excluding hydrogens is 1260 g/mol. The summed E-state index contributed by atoms with van der Waals surface area (Å²) >= 11 is 0. The average molecular weight is 1410 g/mol. The normalized spacial score (nSPS) is 14.3. The molecule has 0 radical (unpaired) electrons. The molecule has 0 heterocycles. The molecule has 6 atom stereocenters. The number of hydrogen-bond donors (Lipinski definition) is 3. The predicted octanol–water partition coefficient (Wildman–Crippen LogP) is 22.6. The number of aliphatic hydroxyl groups is 1. The van der Waals surface area contributed by atoms with E-state index in [0.29, 0.717) is 25.7 Å². The van der Waals surface area contributed by atoms with E-state index in [1.165, 1.54) is 205 Å². The quantitative estimate of drug-likeness (QED) is 0.0222. The standard InChI is InChI=1S/C77H150O17P2/c1-8-10-11-12-13-14-22-29-37-44-51-58-74(79)87-65-73(94-77(82)61-54-47-40-33-32-36-43-50-57-70(7)9-2)67-92-96(85,86)90-63-71(78)62-89-95(83,84)91-66-72(64-88-75(80)59-52-45-38-30-25-21-17-19-24-28-35-42-49-56-69(5)6)93-76(81)60-53-46-39-31-26-20-16-15-18-23-27-34-41-48-55-68(3)4/h68-73,78H,8-67H2,1-7H3,(H,83,84)(H,85,86)/t70?,71-,72-,73-/m1/s1. The maximum atomic E-state index is 13.1. The Morgan fingerprint density at radius 2 is 0.531 bits per heavy atom. The molecule has 0 amide bonds. The first-order chi connectivity index (χ1) is 46.3. The van der Waals surface area contributed by atoms with E-state index in [1.807, 2.05) is 0 Å². The molecule has 3 unspecified atom stereocenters. The van der Waals surface area contributed by atoms with Crippen molar-refractivity contribution in [1.82, 2.24) is 0 Å². The summed E-state index contributed by atoms with van der Waals surface area (Å²) < 4.78 is 68.6. The van der Waals surface area contributed by atoms with Gasteiger partial charge in [-0.05, 0) is 43.4 Å². The van der Waals surface area contributed by atoms with Gasteiger partial charge in [0.25, 0.3) is 0 Å². The second kappa shape index (κ2) is 67.5. The van der Waals surface area contributed by atoms with Crippen LogP contribution in [0.25, 0.3) is 0 Å². The van der Waals surface area contributed by atoms with E-state index in [2.05, 4.69) is 48.5 Å². The molecule has 0 aromatic heterocycles. The van der Waals surface area contributed by atoms with Crippen molar-refractivity contribution in [2.45, 2.75) is 414 Å². The van der Waals surface area contributed by atoms with Crippen molar-refractivity contribution in [3.8, 4) is 0 Å². The summed E-state index contributed by atoms with van der Waals surface area (Å²) in [6.07, 6.45) is 53.9. The number of esters is 4. The summed E-state index contributed by atoms with van der Waals surface area (Å²) in [7, 11) is -9.91. The van der Waals surface area contributed by atoms with Crippen molar-refractivity contribution in [3.63, 3.8) is 0 Å². The van der Waals surface area contributed by atoms with Crippen LogP contribution in [0.5, 0.6) is 0 Å². The van der Waals surface area contributed by atoms with Gasteiger partial charge in [-0.2, -0.15) is 0 Å². The Morgan fingerprint density at radius 3 is 0.792 bits per heavy atom. The first kappa shape index (κ1) is 94.1. The van der Waals surface area contributed by atoms with E-state index in [4.69, 9.17) is 37.0 Å². The number of carbonyl (C=O) groups excluding carboxylic acids is 4. The van der Waals surface area contributed by atoms with Gasteiger partial charge in [0.2, 0.25) is 0 Å². The number of phosphoric acid groups is 2. The first-order valence-corrected chi connectivity index (χ1v) is 42.9. The zero-order valence-electron chi connectivity index (χ0n) is 62.8. The number of rotatable bonds is 75. The number of unbranched alkanes of at least 4 members (excludes halogenated alkanes) is 42. The van der Waals surface area contributed by atoms with Crippen LogP contribution in [0, 0.1) is 17.8 Å². The smallest absolute Gasteiger partial charge is 0.462 e. The van der Waals surface area contributed by atoms with Gasteiger partial charge in [-0.3, -0.25) is 37.3 Å². The highest BCUT2D eigenvalue weighted by molar-refractivity contribution is 7.47. The Kier molecular flexibility index (Phi) is 66.2. The van der Waals surface area contributed by atoms with E-state index in [0.717, 1.165) is 108 Å². The van der Waals surface area contributed by atoms with E-state index < -0.39 is 97.5 Å². The van der Waals surface area contributed by atoms with Crippen LogP contribution in [-0.2, 0) is 65.4 Å². The fourth-order valence-electron chi connectivity index (χ4n) is 11.7. The van der Waals surface area contributed by atoms with Crippen LogP contribution in [-0.4, -0.2) is 96.7 Å².